The number of hydrogen-bond donors (Lipinski definition) is 2. The lowest BCUT2D eigenvalue weighted by molar-refractivity contribution is -0.126. The molecule has 0 bridgehead atoms. The Morgan fingerprint density at radius 3 is 2.55 bits per heavy atom. The molecule has 106 valence electrons. The smallest absolute Gasteiger partial charge is 0.259 e. The molecule has 0 spiro atoms. The molecule has 1 atom stereocenters. The van der Waals surface area contributed by atoms with Crippen molar-refractivity contribution < 1.29 is 9.53 Å². The lowest BCUT2D eigenvalue weighted by Gasteiger charge is -2.16. The van der Waals surface area contributed by atoms with Crippen LogP contribution in [0.4, 0.5) is 11.5 Å². The molecule has 6 nitrogen and oxygen atoms in total. The fourth-order valence-electron chi connectivity index (χ4n) is 2.03. The number of ether oxygens (including phenoxy) is 1. The number of rotatable bonds is 4. The first-order valence-corrected chi connectivity index (χ1v) is 6.22. The van der Waals surface area contributed by atoms with E-state index in [9.17, 15) is 4.79 Å². The van der Waals surface area contributed by atoms with E-state index in [0.29, 0.717) is 17.2 Å². The van der Waals surface area contributed by atoms with Crippen LogP contribution in [0.25, 0.3) is 0 Å². The van der Waals surface area contributed by atoms with Crippen LogP contribution < -0.4 is 11.1 Å². The Morgan fingerprint density at radius 1 is 1.40 bits per heavy atom. The van der Waals surface area contributed by atoms with Crippen molar-refractivity contribution in [2.45, 2.75) is 13.0 Å². The van der Waals surface area contributed by atoms with Gasteiger partial charge < -0.3 is 15.8 Å². The molecule has 0 aliphatic carbocycles. The maximum absolute atomic E-state index is 12.3. The fourth-order valence-corrected chi connectivity index (χ4v) is 2.03. The third-order valence-corrected chi connectivity index (χ3v) is 3.09. The van der Waals surface area contributed by atoms with E-state index in [1.807, 2.05) is 30.3 Å². The normalized spacial score (nSPS) is 12.2. The highest BCUT2D eigenvalue weighted by molar-refractivity contribution is 5.96. The minimum atomic E-state index is -0.689. The Hall–Kier alpha value is -2.34. The van der Waals surface area contributed by atoms with Gasteiger partial charge in [-0.25, -0.2) is 0 Å². The average molecular weight is 274 g/mol. The van der Waals surface area contributed by atoms with Gasteiger partial charge in [0.15, 0.2) is 11.9 Å². The first kappa shape index (κ1) is 14.1. The van der Waals surface area contributed by atoms with Gasteiger partial charge in [-0.15, -0.1) is 0 Å². The maximum atomic E-state index is 12.3. The summed E-state index contributed by atoms with van der Waals surface area (Å²) in [6.07, 6.45) is -0.689. The number of carbonyl (C=O) groups excluding carboxylic acids is 1. The number of amides is 1. The van der Waals surface area contributed by atoms with E-state index >= 15 is 0 Å². The molecular formula is C14H18N4O2. The topological polar surface area (TPSA) is 82.2 Å². The predicted molar refractivity (Wildman–Crippen MR) is 77.2 cm³/mol. The quantitative estimate of drug-likeness (QED) is 0.888. The van der Waals surface area contributed by atoms with E-state index in [1.54, 1.807) is 18.7 Å². The van der Waals surface area contributed by atoms with Crippen molar-refractivity contribution in [1.29, 1.82) is 0 Å². The number of aromatic nitrogens is 2. The lowest BCUT2D eigenvalue weighted by Crippen LogP contribution is -2.24. The molecule has 20 heavy (non-hydrogen) atoms. The highest BCUT2D eigenvalue weighted by atomic mass is 16.5. The van der Waals surface area contributed by atoms with Gasteiger partial charge in [-0.1, -0.05) is 30.3 Å². The van der Waals surface area contributed by atoms with Crippen molar-refractivity contribution in [3.63, 3.8) is 0 Å². The standard InChI is InChI=1S/C14H18N4O2/c1-9-11(15)13(18(2)17-9)16-14(19)12(20-3)10-7-5-4-6-8-10/h4-8,12H,15H2,1-3H3,(H,16,19). The maximum Gasteiger partial charge on any atom is 0.259 e. The summed E-state index contributed by atoms with van der Waals surface area (Å²) in [6, 6.07) is 9.28. The molecular weight excluding hydrogens is 256 g/mol. The number of anilines is 2. The number of nitrogens with two attached hydrogens (primary N) is 1. The van der Waals surface area contributed by atoms with Crippen molar-refractivity contribution in [1.82, 2.24) is 9.78 Å². The summed E-state index contributed by atoms with van der Waals surface area (Å²) in [4.78, 5) is 12.3. The van der Waals surface area contributed by atoms with Crippen LogP contribution in [0.15, 0.2) is 30.3 Å². The van der Waals surface area contributed by atoms with Crippen LogP contribution in [-0.4, -0.2) is 22.8 Å². The van der Waals surface area contributed by atoms with Crippen LogP contribution in [-0.2, 0) is 16.6 Å². The number of nitrogens with one attached hydrogen (secondary N) is 1. The zero-order valence-electron chi connectivity index (χ0n) is 11.8. The Kier molecular flexibility index (Phi) is 4.05. The van der Waals surface area contributed by atoms with Crippen LogP contribution in [0.5, 0.6) is 0 Å². The molecule has 0 saturated heterocycles. The highest BCUT2D eigenvalue weighted by Crippen LogP contribution is 2.24. The number of nitrogen functional groups attached to an aromatic ring is 1. The number of hydrogen-bond acceptors (Lipinski definition) is 4. The number of nitrogens with zero attached hydrogens (tertiary/aromatic N) is 2. The molecule has 1 unspecified atom stereocenters. The number of methoxy groups -OCH3 is 1. The second-order valence-corrected chi connectivity index (χ2v) is 4.49. The third kappa shape index (κ3) is 2.65. The summed E-state index contributed by atoms with van der Waals surface area (Å²) in [7, 11) is 3.22. The molecule has 2 rings (SSSR count). The van der Waals surface area contributed by atoms with Crippen molar-refractivity contribution in [2.75, 3.05) is 18.2 Å². The van der Waals surface area contributed by atoms with Gasteiger partial charge in [0.05, 0.1) is 11.4 Å². The molecule has 0 saturated carbocycles. The van der Waals surface area contributed by atoms with Gasteiger partial charge in [0, 0.05) is 14.2 Å². The molecule has 0 fully saturated rings. The molecule has 6 heteroatoms. The van der Waals surface area contributed by atoms with Gasteiger partial charge in [-0.2, -0.15) is 5.10 Å². The van der Waals surface area contributed by atoms with Gasteiger partial charge in [0.2, 0.25) is 0 Å². The van der Waals surface area contributed by atoms with E-state index in [-0.39, 0.29) is 5.91 Å². The van der Waals surface area contributed by atoms with E-state index in [4.69, 9.17) is 10.5 Å². The summed E-state index contributed by atoms with van der Waals surface area (Å²) in [5, 5.41) is 6.92. The average Bonchev–Trinajstić information content (AvgIpc) is 2.67. The molecule has 1 aromatic carbocycles. The van der Waals surface area contributed by atoms with Crippen molar-refractivity contribution >= 4 is 17.4 Å². The summed E-state index contributed by atoms with van der Waals surface area (Å²) < 4.78 is 6.82. The van der Waals surface area contributed by atoms with Gasteiger partial charge in [0.25, 0.3) is 5.91 Å². The molecule has 0 aliphatic heterocycles. The fraction of sp³-hybridized carbons (Fsp3) is 0.286. The summed E-state index contributed by atoms with van der Waals surface area (Å²) >= 11 is 0. The van der Waals surface area contributed by atoms with E-state index in [2.05, 4.69) is 10.4 Å². The molecule has 1 aromatic heterocycles. The van der Waals surface area contributed by atoms with Crippen LogP contribution >= 0.6 is 0 Å². The van der Waals surface area contributed by atoms with Gasteiger partial charge >= 0.3 is 0 Å². The predicted octanol–water partition coefficient (Wildman–Crippen LogP) is 1.64. The molecule has 3 N–H and O–H groups in total. The second-order valence-electron chi connectivity index (χ2n) is 4.49. The second kappa shape index (κ2) is 5.75. The van der Waals surface area contributed by atoms with E-state index in [0.717, 1.165) is 5.56 Å². The summed E-state index contributed by atoms with van der Waals surface area (Å²) in [5.41, 5.74) is 7.81. The van der Waals surface area contributed by atoms with Gasteiger partial charge in [-0.05, 0) is 12.5 Å². The molecule has 1 amide bonds. The largest absolute Gasteiger partial charge is 0.394 e. The van der Waals surface area contributed by atoms with Crippen molar-refractivity contribution in [3.8, 4) is 0 Å². The minimum absolute atomic E-state index is 0.284. The zero-order valence-corrected chi connectivity index (χ0v) is 11.8. The van der Waals surface area contributed by atoms with E-state index in [1.165, 1.54) is 7.11 Å². The number of benzene rings is 1. The van der Waals surface area contributed by atoms with Crippen LogP contribution in [0.3, 0.4) is 0 Å². The van der Waals surface area contributed by atoms with Gasteiger partial charge in [0.1, 0.15) is 0 Å². The molecule has 0 aliphatic rings. The zero-order chi connectivity index (χ0) is 14.7. The Labute approximate surface area is 117 Å². The first-order valence-electron chi connectivity index (χ1n) is 6.22. The van der Waals surface area contributed by atoms with Crippen LogP contribution in [0.2, 0.25) is 0 Å². The molecule has 2 aromatic rings. The van der Waals surface area contributed by atoms with Crippen LogP contribution in [0, 0.1) is 6.92 Å². The SMILES string of the molecule is COC(C(=O)Nc1c(N)c(C)nn1C)c1ccccc1. The summed E-state index contributed by atoms with van der Waals surface area (Å²) in [6.45, 7) is 1.79. The lowest BCUT2D eigenvalue weighted by atomic mass is 10.1. The minimum Gasteiger partial charge on any atom is -0.394 e. The van der Waals surface area contributed by atoms with Crippen molar-refractivity contribution in [2.24, 2.45) is 7.05 Å². The number of carbonyl (C=O) groups is 1. The monoisotopic (exact) mass is 274 g/mol. The van der Waals surface area contributed by atoms with Gasteiger partial charge in [-0.3, -0.25) is 9.48 Å². The molecule has 0 radical (unpaired) electrons. The summed E-state index contributed by atoms with van der Waals surface area (Å²) in [5.74, 6) is 0.193. The first-order chi connectivity index (χ1) is 9.54. The van der Waals surface area contributed by atoms with Crippen LogP contribution in [0.1, 0.15) is 17.4 Å². The third-order valence-electron chi connectivity index (χ3n) is 3.09. The van der Waals surface area contributed by atoms with E-state index < -0.39 is 6.10 Å². The highest BCUT2D eigenvalue weighted by Gasteiger charge is 2.22. The number of aryl methyl sites for hydroxylation is 2. The molecule has 1 heterocycles. The van der Waals surface area contributed by atoms with Crippen molar-refractivity contribution in [3.05, 3.63) is 41.6 Å². The Balaban J connectivity index is 2.22. The Morgan fingerprint density at radius 2 is 2.05 bits per heavy atom. The Bertz CT molecular complexity index is 607.